The molecule has 4 bridgehead atoms. The Balaban J connectivity index is 1.17. The van der Waals surface area contributed by atoms with E-state index in [9.17, 15) is 14.4 Å². The molecule has 4 fully saturated rings. The van der Waals surface area contributed by atoms with Crippen molar-refractivity contribution in [3.05, 3.63) is 65.2 Å². The van der Waals surface area contributed by atoms with E-state index >= 15 is 0 Å². The molecule has 0 spiro atoms. The van der Waals surface area contributed by atoms with Crippen molar-refractivity contribution >= 4 is 29.5 Å². The molecule has 36 heavy (non-hydrogen) atoms. The van der Waals surface area contributed by atoms with Crippen molar-refractivity contribution in [2.45, 2.75) is 69.1 Å². The molecule has 2 atom stereocenters. The fraction of sp³-hybridized carbons (Fsp3) is 0.500. The van der Waals surface area contributed by atoms with Crippen LogP contribution in [-0.2, 0) is 24.5 Å². The molecule has 4 aliphatic rings. The van der Waals surface area contributed by atoms with Crippen molar-refractivity contribution in [2.24, 2.45) is 17.3 Å². The second-order valence-corrected chi connectivity index (χ2v) is 12.4. The molecule has 0 unspecified atom stereocenters. The summed E-state index contributed by atoms with van der Waals surface area (Å²) in [5.74, 6) is 0.479. The molecule has 2 aromatic carbocycles. The van der Waals surface area contributed by atoms with Crippen LogP contribution in [0.5, 0.6) is 0 Å². The first-order chi connectivity index (χ1) is 17.3. The van der Waals surface area contributed by atoms with Gasteiger partial charge in [-0.3, -0.25) is 19.7 Å². The molecular weight excluding hydrogens is 470 g/mol. The van der Waals surface area contributed by atoms with Crippen LogP contribution in [0.2, 0.25) is 0 Å². The van der Waals surface area contributed by atoms with Crippen LogP contribution in [0.1, 0.15) is 61.6 Å². The maximum Gasteiger partial charge on any atom is 0.312 e. The zero-order valence-corrected chi connectivity index (χ0v) is 22.0. The van der Waals surface area contributed by atoms with E-state index in [1.165, 1.54) is 23.1 Å². The summed E-state index contributed by atoms with van der Waals surface area (Å²) < 4.78 is 5.58. The predicted molar refractivity (Wildman–Crippen MR) is 141 cm³/mol. The molecule has 5 nitrogen and oxygen atoms in total. The van der Waals surface area contributed by atoms with Gasteiger partial charge in [0.15, 0.2) is 6.61 Å². The van der Waals surface area contributed by atoms with Crippen LogP contribution in [0, 0.1) is 31.1 Å². The minimum Gasteiger partial charge on any atom is -0.455 e. The molecule has 0 aliphatic heterocycles. The van der Waals surface area contributed by atoms with E-state index in [0.717, 1.165) is 37.0 Å². The number of carbonyl (C=O) groups is 3. The number of carbonyl (C=O) groups excluding carboxylic acids is 3. The van der Waals surface area contributed by atoms with Crippen molar-refractivity contribution in [2.75, 3.05) is 12.4 Å². The number of aryl methyl sites for hydroxylation is 2. The first kappa shape index (κ1) is 25.1. The van der Waals surface area contributed by atoms with Gasteiger partial charge in [-0.05, 0) is 98.4 Å². The van der Waals surface area contributed by atoms with E-state index in [1.54, 1.807) is 11.8 Å². The number of amides is 2. The summed E-state index contributed by atoms with van der Waals surface area (Å²) in [7, 11) is 0. The lowest BCUT2D eigenvalue weighted by Crippen LogP contribution is -2.57. The van der Waals surface area contributed by atoms with E-state index in [4.69, 9.17) is 4.74 Å². The Morgan fingerprint density at radius 3 is 2.36 bits per heavy atom. The van der Waals surface area contributed by atoms with Crippen LogP contribution in [0.25, 0.3) is 0 Å². The lowest BCUT2D eigenvalue weighted by Gasteiger charge is -2.61. The van der Waals surface area contributed by atoms with E-state index in [1.807, 2.05) is 30.3 Å². The Morgan fingerprint density at radius 2 is 1.67 bits per heavy atom. The van der Waals surface area contributed by atoms with Crippen molar-refractivity contribution in [1.82, 2.24) is 5.32 Å². The van der Waals surface area contributed by atoms with Gasteiger partial charge < -0.3 is 4.74 Å². The third kappa shape index (κ3) is 5.10. The standard InChI is InChI=1S/C30H35NO4S/c1-20-8-9-24(12-21(20)2)29-14-22-13-23(15-29)17-30(16-22,19-29)28(34)35-18-27(33)31-26(32)10-11-36-25-6-4-3-5-7-25/h3-9,12,22-23H,10-11,13-19H2,1-2H3,(H,31,32,33)/t22-,23-,29?,30?/m1/s1. The van der Waals surface area contributed by atoms with Crippen LogP contribution in [-0.4, -0.2) is 30.1 Å². The summed E-state index contributed by atoms with van der Waals surface area (Å²) in [6, 6.07) is 16.6. The van der Waals surface area contributed by atoms with Gasteiger partial charge in [0.1, 0.15) is 0 Å². The predicted octanol–water partition coefficient (Wildman–Crippen LogP) is 5.51. The van der Waals surface area contributed by atoms with Gasteiger partial charge in [-0.25, -0.2) is 0 Å². The molecule has 6 heteroatoms. The molecular formula is C30H35NO4S. The van der Waals surface area contributed by atoms with Gasteiger partial charge in [0.25, 0.3) is 5.91 Å². The summed E-state index contributed by atoms with van der Waals surface area (Å²) in [5.41, 5.74) is 3.45. The van der Waals surface area contributed by atoms with Gasteiger partial charge in [0.2, 0.25) is 5.91 Å². The van der Waals surface area contributed by atoms with Gasteiger partial charge in [0, 0.05) is 17.1 Å². The van der Waals surface area contributed by atoms with Crippen LogP contribution in [0.15, 0.2) is 53.4 Å². The molecule has 1 N–H and O–H groups in total. The number of hydrogen-bond donors (Lipinski definition) is 1. The summed E-state index contributed by atoms with van der Waals surface area (Å²) in [5, 5.41) is 2.37. The minimum absolute atomic E-state index is 0.0240. The Bertz CT molecular complexity index is 1150. The zero-order chi connectivity index (χ0) is 25.3. The summed E-state index contributed by atoms with van der Waals surface area (Å²) >= 11 is 1.57. The molecule has 190 valence electrons. The Morgan fingerprint density at radius 1 is 0.944 bits per heavy atom. The summed E-state index contributed by atoms with van der Waals surface area (Å²) in [4.78, 5) is 39.0. The molecule has 0 aromatic heterocycles. The van der Waals surface area contributed by atoms with Crippen LogP contribution < -0.4 is 5.32 Å². The van der Waals surface area contributed by atoms with E-state index in [0.29, 0.717) is 17.6 Å². The lowest BCUT2D eigenvalue weighted by atomic mass is 9.43. The highest BCUT2D eigenvalue weighted by Crippen LogP contribution is 2.66. The largest absolute Gasteiger partial charge is 0.455 e. The van der Waals surface area contributed by atoms with Gasteiger partial charge in [-0.15, -0.1) is 11.8 Å². The highest BCUT2D eigenvalue weighted by molar-refractivity contribution is 7.99. The average Bonchev–Trinajstić information content (AvgIpc) is 2.84. The topological polar surface area (TPSA) is 72.5 Å². The minimum atomic E-state index is -0.549. The summed E-state index contributed by atoms with van der Waals surface area (Å²) in [6.07, 6.45) is 6.20. The monoisotopic (exact) mass is 505 g/mol. The highest BCUT2D eigenvalue weighted by Gasteiger charge is 2.61. The second-order valence-electron chi connectivity index (χ2n) is 11.3. The Hall–Kier alpha value is -2.60. The number of rotatable bonds is 8. The second kappa shape index (κ2) is 10.0. The molecule has 0 saturated heterocycles. The molecule has 2 aromatic rings. The fourth-order valence-electron chi connectivity index (χ4n) is 7.23. The number of imide groups is 1. The molecule has 4 saturated carbocycles. The normalized spacial score (nSPS) is 28.1. The quantitative estimate of drug-likeness (QED) is 0.378. The van der Waals surface area contributed by atoms with Crippen molar-refractivity contribution < 1.29 is 19.1 Å². The first-order valence-corrected chi connectivity index (χ1v) is 14.0. The molecule has 2 amide bonds. The Labute approximate surface area is 217 Å². The van der Waals surface area contributed by atoms with Crippen molar-refractivity contribution in [3.8, 4) is 0 Å². The average molecular weight is 506 g/mol. The molecule has 6 rings (SSSR count). The smallest absolute Gasteiger partial charge is 0.312 e. The number of hydrogen-bond acceptors (Lipinski definition) is 5. The van der Waals surface area contributed by atoms with Crippen molar-refractivity contribution in [1.29, 1.82) is 0 Å². The van der Waals surface area contributed by atoms with Crippen LogP contribution in [0.4, 0.5) is 0 Å². The molecule has 0 radical (unpaired) electrons. The molecule has 4 aliphatic carbocycles. The van der Waals surface area contributed by atoms with E-state index < -0.39 is 17.9 Å². The maximum absolute atomic E-state index is 13.4. The third-order valence-corrected chi connectivity index (χ3v) is 9.58. The number of thioether (sulfide) groups is 1. The number of ether oxygens (including phenoxy) is 1. The van der Waals surface area contributed by atoms with E-state index in [-0.39, 0.29) is 23.7 Å². The van der Waals surface area contributed by atoms with Gasteiger partial charge in [-0.2, -0.15) is 0 Å². The number of esters is 1. The zero-order valence-electron chi connectivity index (χ0n) is 21.2. The first-order valence-electron chi connectivity index (χ1n) is 13.0. The van der Waals surface area contributed by atoms with Crippen LogP contribution in [0.3, 0.4) is 0 Å². The van der Waals surface area contributed by atoms with Crippen molar-refractivity contribution in [3.63, 3.8) is 0 Å². The van der Waals surface area contributed by atoms with Gasteiger partial charge >= 0.3 is 5.97 Å². The SMILES string of the molecule is Cc1ccc(C23C[C@H]4C[C@@H](CC(C(=O)OCC(=O)NC(=O)CCSc5ccccc5)(C4)C2)C3)cc1C. The lowest BCUT2D eigenvalue weighted by molar-refractivity contribution is -0.175. The van der Waals surface area contributed by atoms with E-state index in [2.05, 4.69) is 37.4 Å². The Kier molecular flexibility index (Phi) is 6.99. The van der Waals surface area contributed by atoms with Crippen LogP contribution >= 0.6 is 11.8 Å². The highest BCUT2D eigenvalue weighted by atomic mass is 32.2. The third-order valence-electron chi connectivity index (χ3n) is 8.57. The number of nitrogens with one attached hydrogen (secondary N) is 1. The maximum atomic E-state index is 13.4. The fourth-order valence-corrected chi connectivity index (χ4v) is 8.10. The molecule has 0 heterocycles. The van der Waals surface area contributed by atoms with Gasteiger partial charge in [0.05, 0.1) is 5.41 Å². The number of benzene rings is 2. The summed E-state index contributed by atoms with van der Waals surface area (Å²) in [6.45, 7) is 3.89. The van der Waals surface area contributed by atoms with Gasteiger partial charge in [-0.1, -0.05) is 36.4 Å².